The first-order valence-corrected chi connectivity index (χ1v) is 6.90. The largest absolute Gasteiger partial charge is 0.380 e. The molecule has 5 nitrogen and oxygen atoms in total. The highest BCUT2D eigenvalue weighted by Crippen LogP contribution is 2.32. The van der Waals surface area contributed by atoms with Crippen LogP contribution in [0.2, 0.25) is 0 Å². The molecule has 2 heterocycles. The van der Waals surface area contributed by atoms with Gasteiger partial charge in [0, 0.05) is 17.6 Å². The highest BCUT2D eigenvalue weighted by molar-refractivity contribution is 5.96. The van der Waals surface area contributed by atoms with Gasteiger partial charge in [-0.05, 0) is 18.9 Å². The molecule has 1 fully saturated rings. The molecular formula is C14H20N4O. The van der Waals surface area contributed by atoms with Crippen molar-refractivity contribution in [3.05, 3.63) is 18.5 Å². The summed E-state index contributed by atoms with van der Waals surface area (Å²) in [7, 11) is 1.62. The standard InChI is InChI=1S/C14H20N4O/c1-19-18-12-9-16-14-11(7-8-15-14)13(12)17-10-5-3-2-4-6-10/h7-10,18H,2-6H2,1H3,(H2,15,16,17). The summed E-state index contributed by atoms with van der Waals surface area (Å²) in [6.45, 7) is 0. The molecule has 0 radical (unpaired) electrons. The van der Waals surface area contributed by atoms with Crippen LogP contribution in [0.3, 0.4) is 0 Å². The van der Waals surface area contributed by atoms with Crippen LogP contribution in [0.25, 0.3) is 11.0 Å². The Hall–Kier alpha value is -1.75. The maximum Gasteiger partial charge on any atom is 0.139 e. The second-order valence-electron chi connectivity index (χ2n) is 5.07. The van der Waals surface area contributed by atoms with Gasteiger partial charge < -0.3 is 10.3 Å². The Balaban J connectivity index is 1.93. The van der Waals surface area contributed by atoms with Crippen molar-refractivity contribution in [3.63, 3.8) is 0 Å². The number of hydrogen-bond donors (Lipinski definition) is 3. The topological polar surface area (TPSA) is 62.0 Å². The van der Waals surface area contributed by atoms with Gasteiger partial charge in [0.2, 0.25) is 0 Å². The lowest BCUT2D eigenvalue weighted by Gasteiger charge is -2.25. The normalized spacial score (nSPS) is 16.7. The van der Waals surface area contributed by atoms with Gasteiger partial charge in [0.1, 0.15) is 11.3 Å². The number of nitrogens with one attached hydrogen (secondary N) is 3. The molecule has 102 valence electrons. The first-order chi connectivity index (χ1) is 9.38. The van der Waals surface area contributed by atoms with Crippen LogP contribution in [0.15, 0.2) is 18.5 Å². The molecule has 1 aliphatic carbocycles. The Morgan fingerprint density at radius 3 is 2.95 bits per heavy atom. The summed E-state index contributed by atoms with van der Waals surface area (Å²) >= 11 is 0. The third-order valence-corrected chi connectivity index (χ3v) is 3.75. The van der Waals surface area contributed by atoms with Crippen molar-refractivity contribution in [2.24, 2.45) is 0 Å². The minimum atomic E-state index is 0.548. The number of anilines is 2. The molecule has 0 saturated heterocycles. The number of fused-ring (bicyclic) bond motifs is 1. The molecule has 5 heteroatoms. The van der Waals surface area contributed by atoms with E-state index in [4.69, 9.17) is 4.84 Å². The lowest BCUT2D eigenvalue weighted by molar-refractivity contribution is 0.271. The predicted molar refractivity (Wildman–Crippen MR) is 77.2 cm³/mol. The summed E-state index contributed by atoms with van der Waals surface area (Å²) < 4.78 is 0. The van der Waals surface area contributed by atoms with Crippen molar-refractivity contribution in [2.75, 3.05) is 17.9 Å². The molecular weight excluding hydrogens is 240 g/mol. The lowest BCUT2D eigenvalue weighted by atomic mass is 9.95. The van der Waals surface area contributed by atoms with Gasteiger partial charge in [-0.15, -0.1) is 0 Å². The maximum atomic E-state index is 5.04. The fraction of sp³-hybridized carbons (Fsp3) is 0.500. The fourth-order valence-electron chi connectivity index (χ4n) is 2.80. The van der Waals surface area contributed by atoms with Gasteiger partial charge in [-0.3, -0.25) is 10.3 Å². The van der Waals surface area contributed by atoms with E-state index >= 15 is 0 Å². The van der Waals surface area contributed by atoms with E-state index in [1.807, 2.05) is 12.3 Å². The zero-order chi connectivity index (χ0) is 13.1. The predicted octanol–water partition coefficient (Wildman–Crippen LogP) is 3.28. The average Bonchev–Trinajstić information content (AvgIpc) is 2.91. The van der Waals surface area contributed by atoms with E-state index in [9.17, 15) is 0 Å². The first kappa shape index (κ1) is 12.3. The molecule has 1 aliphatic rings. The number of hydrogen-bond acceptors (Lipinski definition) is 4. The van der Waals surface area contributed by atoms with Crippen LogP contribution in [0.4, 0.5) is 11.4 Å². The van der Waals surface area contributed by atoms with Gasteiger partial charge >= 0.3 is 0 Å². The van der Waals surface area contributed by atoms with Gasteiger partial charge in [0.15, 0.2) is 0 Å². The Kier molecular flexibility index (Phi) is 3.55. The Morgan fingerprint density at radius 2 is 2.16 bits per heavy atom. The second-order valence-corrected chi connectivity index (χ2v) is 5.07. The van der Waals surface area contributed by atoms with Crippen molar-refractivity contribution in [2.45, 2.75) is 38.1 Å². The molecule has 0 unspecified atom stereocenters. The van der Waals surface area contributed by atoms with E-state index in [1.165, 1.54) is 32.1 Å². The Bertz CT molecular complexity index is 545. The molecule has 1 saturated carbocycles. The van der Waals surface area contributed by atoms with E-state index in [-0.39, 0.29) is 0 Å². The van der Waals surface area contributed by atoms with E-state index in [1.54, 1.807) is 13.3 Å². The second kappa shape index (κ2) is 5.48. The first-order valence-electron chi connectivity index (χ1n) is 6.90. The molecule has 0 amide bonds. The third-order valence-electron chi connectivity index (χ3n) is 3.75. The summed E-state index contributed by atoms with van der Waals surface area (Å²) in [6, 6.07) is 2.60. The van der Waals surface area contributed by atoms with Gasteiger partial charge in [-0.2, -0.15) is 0 Å². The number of nitrogens with zero attached hydrogens (tertiary/aromatic N) is 1. The molecule has 3 rings (SSSR count). The van der Waals surface area contributed by atoms with Crippen molar-refractivity contribution in [1.29, 1.82) is 0 Å². The molecule has 0 aromatic carbocycles. The lowest BCUT2D eigenvalue weighted by Crippen LogP contribution is -2.23. The molecule has 19 heavy (non-hydrogen) atoms. The highest BCUT2D eigenvalue weighted by atomic mass is 16.6. The van der Waals surface area contributed by atoms with Crippen molar-refractivity contribution >= 4 is 22.4 Å². The van der Waals surface area contributed by atoms with Gasteiger partial charge in [-0.25, -0.2) is 4.98 Å². The zero-order valence-electron chi connectivity index (χ0n) is 11.2. The number of pyridine rings is 1. The maximum absolute atomic E-state index is 5.04. The summed E-state index contributed by atoms with van der Waals surface area (Å²) in [5.41, 5.74) is 5.78. The van der Waals surface area contributed by atoms with Crippen LogP contribution < -0.4 is 10.8 Å². The molecule has 0 spiro atoms. The van der Waals surface area contributed by atoms with Crippen LogP contribution in [0.1, 0.15) is 32.1 Å². The van der Waals surface area contributed by atoms with Crippen LogP contribution in [-0.2, 0) is 4.84 Å². The van der Waals surface area contributed by atoms with Crippen molar-refractivity contribution in [3.8, 4) is 0 Å². The summed E-state index contributed by atoms with van der Waals surface area (Å²) in [4.78, 5) is 12.6. The fourth-order valence-corrected chi connectivity index (χ4v) is 2.80. The minimum Gasteiger partial charge on any atom is -0.380 e. The van der Waals surface area contributed by atoms with Crippen LogP contribution in [0.5, 0.6) is 0 Å². The van der Waals surface area contributed by atoms with E-state index in [2.05, 4.69) is 20.8 Å². The molecule has 0 atom stereocenters. The van der Waals surface area contributed by atoms with Gasteiger partial charge in [-0.1, -0.05) is 19.3 Å². The highest BCUT2D eigenvalue weighted by Gasteiger charge is 2.17. The summed E-state index contributed by atoms with van der Waals surface area (Å²) in [5.74, 6) is 0. The van der Waals surface area contributed by atoms with Crippen molar-refractivity contribution < 1.29 is 4.84 Å². The Morgan fingerprint density at radius 1 is 1.32 bits per heavy atom. The molecule has 2 aromatic heterocycles. The SMILES string of the molecule is CONc1cnc2[nH]ccc2c1NC1CCCCC1. The average molecular weight is 260 g/mol. The van der Waals surface area contributed by atoms with Crippen molar-refractivity contribution in [1.82, 2.24) is 9.97 Å². The number of aromatic amines is 1. The molecule has 3 N–H and O–H groups in total. The number of H-pyrrole nitrogens is 1. The van der Waals surface area contributed by atoms with E-state index in [0.29, 0.717) is 6.04 Å². The summed E-state index contributed by atoms with van der Waals surface area (Å²) in [5, 5.41) is 4.77. The van der Waals surface area contributed by atoms with Crippen LogP contribution in [0, 0.1) is 0 Å². The number of aromatic nitrogens is 2. The van der Waals surface area contributed by atoms with Crippen LogP contribution in [-0.4, -0.2) is 23.1 Å². The summed E-state index contributed by atoms with van der Waals surface area (Å²) in [6.07, 6.45) is 10.2. The molecule has 2 aromatic rings. The monoisotopic (exact) mass is 260 g/mol. The molecule has 0 bridgehead atoms. The molecule has 0 aliphatic heterocycles. The van der Waals surface area contributed by atoms with Crippen LogP contribution >= 0.6 is 0 Å². The van der Waals surface area contributed by atoms with Gasteiger partial charge in [0.05, 0.1) is 19.0 Å². The third kappa shape index (κ3) is 2.51. The quantitative estimate of drug-likeness (QED) is 0.738. The van der Waals surface area contributed by atoms with E-state index in [0.717, 1.165) is 22.4 Å². The number of rotatable bonds is 4. The smallest absolute Gasteiger partial charge is 0.139 e. The Labute approximate surface area is 112 Å². The van der Waals surface area contributed by atoms with E-state index < -0.39 is 0 Å². The minimum absolute atomic E-state index is 0.548. The van der Waals surface area contributed by atoms with Gasteiger partial charge in [0.25, 0.3) is 0 Å². The zero-order valence-corrected chi connectivity index (χ0v) is 11.2.